The van der Waals surface area contributed by atoms with Crippen LogP contribution in [0.15, 0.2) is 10.6 Å². The van der Waals surface area contributed by atoms with Crippen LogP contribution in [0.3, 0.4) is 0 Å². The number of aromatic nitrogens is 1. The largest absolute Gasteiger partial charge is 0.379 e. The van der Waals surface area contributed by atoms with Crippen LogP contribution in [-0.4, -0.2) is 48.3 Å². The second-order valence-corrected chi connectivity index (χ2v) is 6.27. The molecule has 0 aliphatic carbocycles. The minimum atomic E-state index is -0.0921. The Balaban J connectivity index is 1.89. The minimum Gasteiger partial charge on any atom is -0.379 e. The summed E-state index contributed by atoms with van der Waals surface area (Å²) in [6, 6.07) is 2.04. The lowest BCUT2D eigenvalue weighted by atomic mass is 9.92. The van der Waals surface area contributed by atoms with Crippen molar-refractivity contribution >= 4 is 11.8 Å². The van der Waals surface area contributed by atoms with Gasteiger partial charge in [-0.25, -0.2) is 0 Å². The van der Waals surface area contributed by atoms with Crippen molar-refractivity contribution in [1.29, 1.82) is 0 Å². The van der Waals surface area contributed by atoms with E-state index in [0.29, 0.717) is 25.6 Å². The highest BCUT2D eigenvalue weighted by Crippen LogP contribution is 2.23. The van der Waals surface area contributed by atoms with Crippen molar-refractivity contribution in [3.63, 3.8) is 0 Å². The van der Waals surface area contributed by atoms with E-state index in [2.05, 4.69) is 22.3 Å². The van der Waals surface area contributed by atoms with Gasteiger partial charge in [-0.3, -0.25) is 15.0 Å². The summed E-state index contributed by atoms with van der Waals surface area (Å²) in [4.78, 5) is 14.1. The summed E-state index contributed by atoms with van der Waals surface area (Å²) >= 11 is 0. The quantitative estimate of drug-likeness (QED) is 0.912. The number of carbonyl (C=O) groups excluding carboxylic acids is 1. The highest BCUT2D eigenvalue weighted by Gasteiger charge is 2.23. The predicted molar refractivity (Wildman–Crippen MR) is 75.7 cm³/mol. The van der Waals surface area contributed by atoms with Gasteiger partial charge in [0.1, 0.15) is 0 Å². The molecule has 1 amide bonds. The normalized spacial score (nSPS) is 20.9. The van der Waals surface area contributed by atoms with Crippen LogP contribution in [0, 0.1) is 0 Å². The van der Waals surface area contributed by atoms with E-state index in [1.807, 2.05) is 20.8 Å². The van der Waals surface area contributed by atoms with Gasteiger partial charge in [0.05, 0.1) is 25.5 Å². The maximum Gasteiger partial charge on any atom is 0.240 e. The Kier molecular flexibility index (Phi) is 4.45. The Bertz CT molecular complexity index is 464. The first-order valence-electron chi connectivity index (χ1n) is 6.95. The molecule has 0 spiro atoms. The first-order valence-corrected chi connectivity index (χ1v) is 6.95. The second-order valence-electron chi connectivity index (χ2n) is 6.27. The van der Waals surface area contributed by atoms with Gasteiger partial charge in [0, 0.05) is 24.1 Å². The molecule has 1 aromatic rings. The van der Waals surface area contributed by atoms with Gasteiger partial charge >= 0.3 is 0 Å². The topological polar surface area (TPSA) is 67.6 Å². The van der Waals surface area contributed by atoms with Crippen LogP contribution in [-0.2, 0) is 14.9 Å². The minimum absolute atomic E-state index is 0.0876. The summed E-state index contributed by atoms with van der Waals surface area (Å²) in [6.45, 7) is 10.7. The molecule has 112 valence electrons. The zero-order chi connectivity index (χ0) is 14.8. The lowest BCUT2D eigenvalue weighted by Crippen LogP contribution is -2.47. The van der Waals surface area contributed by atoms with Crippen molar-refractivity contribution in [2.75, 3.05) is 31.6 Å². The van der Waals surface area contributed by atoms with Crippen LogP contribution in [0.2, 0.25) is 0 Å². The van der Waals surface area contributed by atoms with Crippen LogP contribution in [0.25, 0.3) is 0 Å². The van der Waals surface area contributed by atoms with E-state index in [1.54, 1.807) is 6.07 Å². The number of morpholine rings is 1. The van der Waals surface area contributed by atoms with Crippen LogP contribution in [0.5, 0.6) is 0 Å². The molecular weight excluding hydrogens is 258 g/mol. The summed E-state index contributed by atoms with van der Waals surface area (Å²) in [6.07, 6.45) is 0. The van der Waals surface area contributed by atoms with E-state index >= 15 is 0 Å². The lowest BCUT2D eigenvalue weighted by molar-refractivity contribution is -0.119. The predicted octanol–water partition coefficient (Wildman–Crippen LogP) is 1.63. The molecule has 0 radical (unpaired) electrons. The van der Waals surface area contributed by atoms with Crippen molar-refractivity contribution in [3.8, 4) is 0 Å². The third-order valence-corrected chi connectivity index (χ3v) is 3.39. The van der Waals surface area contributed by atoms with Crippen LogP contribution in [0.1, 0.15) is 33.4 Å². The number of anilines is 1. The molecule has 1 aliphatic rings. The van der Waals surface area contributed by atoms with E-state index in [1.165, 1.54) is 0 Å². The second kappa shape index (κ2) is 5.93. The van der Waals surface area contributed by atoms with Crippen molar-refractivity contribution in [2.24, 2.45) is 0 Å². The molecule has 0 aromatic carbocycles. The number of rotatable bonds is 3. The Morgan fingerprint density at radius 3 is 2.90 bits per heavy atom. The maximum absolute atomic E-state index is 12.0. The summed E-state index contributed by atoms with van der Waals surface area (Å²) in [7, 11) is 0. The Labute approximate surface area is 119 Å². The number of amides is 1. The molecule has 2 heterocycles. The molecule has 6 heteroatoms. The summed E-state index contributed by atoms with van der Waals surface area (Å²) in [5.41, 5.74) is 0.734. The first-order chi connectivity index (χ1) is 9.36. The van der Waals surface area contributed by atoms with Gasteiger partial charge in [-0.1, -0.05) is 25.9 Å². The van der Waals surface area contributed by atoms with Crippen LogP contribution in [0.4, 0.5) is 5.88 Å². The average Bonchev–Trinajstić information content (AvgIpc) is 2.80. The van der Waals surface area contributed by atoms with Gasteiger partial charge in [-0.05, 0) is 6.92 Å². The highest BCUT2D eigenvalue weighted by molar-refractivity contribution is 5.91. The van der Waals surface area contributed by atoms with E-state index in [0.717, 1.165) is 12.2 Å². The molecule has 0 unspecified atom stereocenters. The molecule has 1 aromatic heterocycles. The SMILES string of the molecule is C[C@H]1COCCN1CC(=O)Nc1cc(C(C)(C)C)no1. The van der Waals surface area contributed by atoms with E-state index in [4.69, 9.17) is 9.26 Å². The standard InChI is InChI=1S/C14H23N3O3/c1-10-9-19-6-5-17(10)8-12(18)15-13-7-11(16-20-13)14(2,3)4/h7,10H,5-6,8-9H2,1-4H3,(H,15,18)/t10-/m0/s1. The number of carbonyl (C=O) groups is 1. The molecular formula is C14H23N3O3. The summed E-state index contributed by atoms with van der Waals surface area (Å²) in [5.74, 6) is 0.316. The number of hydrogen-bond acceptors (Lipinski definition) is 5. The van der Waals surface area contributed by atoms with Crippen molar-refractivity contribution in [3.05, 3.63) is 11.8 Å². The summed E-state index contributed by atoms with van der Waals surface area (Å²) < 4.78 is 10.5. The Morgan fingerprint density at radius 2 is 2.30 bits per heavy atom. The average molecular weight is 281 g/mol. The zero-order valence-electron chi connectivity index (χ0n) is 12.6. The monoisotopic (exact) mass is 281 g/mol. The maximum atomic E-state index is 12.0. The van der Waals surface area contributed by atoms with Crippen molar-refractivity contribution in [2.45, 2.75) is 39.2 Å². The Morgan fingerprint density at radius 1 is 1.55 bits per heavy atom. The van der Waals surface area contributed by atoms with Crippen molar-refractivity contribution in [1.82, 2.24) is 10.1 Å². The fourth-order valence-electron chi connectivity index (χ4n) is 2.05. The third-order valence-electron chi connectivity index (χ3n) is 3.39. The number of nitrogens with one attached hydrogen (secondary N) is 1. The van der Waals surface area contributed by atoms with Gasteiger partial charge in [0.15, 0.2) is 0 Å². The molecule has 1 atom stereocenters. The van der Waals surface area contributed by atoms with Crippen LogP contribution < -0.4 is 5.32 Å². The molecule has 20 heavy (non-hydrogen) atoms. The highest BCUT2D eigenvalue weighted by atomic mass is 16.5. The molecule has 6 nitrogen and oxygen atoms in total. The number of nitrogens with zero attached hydrogens (tertiary/aromatic N) is 2. The zero-order valence-corrected chi connectivity index (χ0v) is 12.6. The molecule has 2 rings (SSSR count). The number of hydrogen-bond donors (Lipinski definition) is 1. The third kappa shape index (κ3) is 3.80. The van der Waals surface area contributed by atoms with Gasteiger partial charge in [-0.2, -0.15) is 0 Å². The van der Waals surface area contributed by atoms with Crippen molar-refractivity contribution < 1.29 is 14.1 Å². The lowest BCUT2D eigenvalue weighted by Gasteiger charge is -2.32. The fourth-order valence-corrected chi connectivity index (χ4v) is 2.05. The van der Waals surface area contributed by atoms with E-state index < -0.39 is 0 Å². The van der Waals surface area contributed by atoms with Gasteiger partial charge in [-0.15, -0.1) is 0 Å². The summed E-state index contributed by atoms with van der Waals surface area (Å²) in [5, 5.41) is 6.73. The molecule has 0 saturated carbocycles. The number of ether oxygens (including phenoxy) is 1. The van der Waals surface area contributed by atoms with E-state index in [-0.39, 0.29) is 17.4 Å². The fraction of sp³-hybridized carbons (Fsp3) is 0.714. The van der Waals surface area contributed by atoms with Gasteiger partial charge in [0.25, 0.3) is 0 Å². The molecule has 1 saturated heterocycles. The first kappa shape index (κ1) is 15.0. The van der Waals surface area contributed by atoms with Crippen LogP contribution >= 0.6 is 0 Å². The molecule has 1 N–H and O–H groups in total. The molecule has 1 aliphatic heterocycles. The smallest absolute Gasteiger partial charge is 0.240 e. The molecule has 1 fully saturated rings. The van der Waals surface area contributed by atoms with Gasteiger partial charge < -0.3 is 9.26 Å². The Hall–Kier alpha value is -1.40. The molecule has 0 bridgehead atoms. The van der Waals surface area contributed by atoms with Gasteiger partial charge in [0.2, 0.25) is 11.8 Å². The van der Waals surface area contributed by atoms with E-state index in [9.17, 15) is 4.79 Å².